The van der Waals surface area contributed by atoms with Crippen molar-refractivity contribution in [2.45, 2.75) is 0 Å². The monoisotopic (exact) mass is 323 g/mol. The molecular weight excluding hydrogens is 314 g/mol. The van der Waals surface area contributed by atoms with Crippen LogP contribution in [0.3, 0.4) is 0 Å². The van der Waals surface area contributed by atoms with E-state index in [0.29, 0.717) is 5.56 Å². The molecule has 0 bridgehead atoms. The van der Waals surface area contributed by atoms with E-state index >= 15 is 0 Å². The van der Waals surface area contributed by atoms with Crippen molar-refractivity contribution in [2.24, 2.45) is 0 Å². The molecule has 0 atom stereocenters. The average Bonchev–Trinajstić information content (AvgIpc) is 2.47. The molecule has 1 N–H and O–H groups in total. The zero-order valence-electron chi connectivity index (χ0n) is 10.5. The van der Waals surface area contributed by atoms with Crippen LogP contribution in [-0.2, 0) is 0 Å². The van der Waals surface area contributed by atoms with Crippen molar-refractivity contribution in [1.82, 2.24) is 4.98 Å². The smallest absolute Gasteiger partial charge is 0.0992 e. The SMILES string of the molecule is N#Cc1cc(Br)cc(Nc2cccc3ncccc23)c1. The van der Waals surface area contributed by atoms with Crippen molar-refractivity contribution in [3.8, 4) is 6.07 Å². The van der Waals surface area contributed by atoms with Gasteiger partial charge in [-0.25, -0.2) is 0 Å². The third-order valence-corrected chi connectivity index (χ3v) is 3.41. The Bertz CT molecular complexity index is 816. The molecule has 1 heterocycles. The fourth-order valence-corrected chi connectivity index (χ4v) is 2.59. The number of hydrogen-bond acceptors (Lipinski definition) is 3. The van der Waals surface area contributed by atoms with Crippen LogP contribution in [0.4, 0.5) is 11.4 Å². The second-order valence-corrected chi connectivity index (χ2v) is 5.26. The Morgan fingerprint density at radius 3 is 2.85 bits per heavy atom. The molecule has 0 aliphatic rings. The minimum absolute atomic E-state index is 0.611. The zero-order valence-corrected chi connectivity index (χ0v) is 12.1. The number of aromatic nitrogens is 1. The summed E-state index contributed by atoms with van der Waals surface area (Å²) < 4.78 is 0.873. The maximum Gasteiger partial charge on any atom is 0.0992 e. The molecule has 0 aliphatic heterocycles. The standard InChI is InChI=1S/C16H10BrN3/c17-12-7-11(10-18)8-13(9-12)20-16-5-1-4-15-14(16)3-2-6-19-15/h1-9,20H. The zero-order chi connectivity index (χ0) is 13.9. The minimum atomic E-state index is 0.611. The van der Waals surface area contributed by atoms with Gasteiger partial charge in [0.05, 0.1) is 17.1 Å². The fourth-order valence-electron chi connectivity index (χ4n) is 2.09. The van der Waals surface area contributed by atoms with Crippen molar-refractivity contribution >= 4 is 38.2 Å². The molecule has 0 saturated carbocycles. The van der Waals surface area contributed by atoms with Gasteiger partial charge in [0.25, 0.3) is 0 Å². The second-order valence-electron chi connectivity index (χ2n) is 4.34. The van der Waals surface area contributed by atoms with E-state index in [4.69, 9.17) is 5.26 Å². The van der Waals surface area contributed by atoms with Crippen LogP contribution >= 0.6 is 15.9 Å². The third kappa shape index (κ3) is 2.49. The molecule has 3 rings (SSSR count). The van der Waals surface area contributed by atoms with Gasteiger partial charge in [-0.2, -0.15) is 5.26 Å². The van der Waals surface area contributed by atoms with Crippen LogP contribution in [0.15, 0.2) is 59.2 Å². The van der Waals surface area contributed by atoms with Crippen LogP contribution in [0.25, 0.3) is 10.9 Å². The summed E-state index contributed by atoms with van der Waals surface area (Å²) in [4.78, 5) is 4.33. The van der Waals surface area contributed by atoms with Crippen LogP contribution in [0.1, 0.15) is 5.56 Å². The molecule has 1 aromatic heterocycles. The summed E-state index contributed by atoms with van der Waals surface area (Å²) in [5.41, 5.74) is 3.39. The summed E-state index contributed by atoms with van der Waals surface area (Å²) in [6.07, 6.45) is 1.78. The quantitative estimate of drug-likeness (QED) is 0.749. The molecule has 20 heavy (non-hydrogen) atoms. The Morgan fingerprint density at radius 1 is 1.10 bits per heavy atom. The Morgan fingerprint density at radius 2 is 2.00 bits per heavy atom. The van der Waals surface area contributed by atoms with Gasteiger partial charge < -0.3 is 5.32 Å². The van der Waals surface area contributed by atoms with Gasteiger partial charge in [0.15, 0.2) is 0 Å². The van der Waals surface area contributed by atoms with Crippen molar-refractivity contribution < 1.29 is 0 Å². The van der Waals surface area contributed by atoms with E-state index < -0.39 is 0 Å². The van der Waals surface area contributed by atoms with Crippen LogP contribution in [-0.4, -0.2) is 4.98 Å². The van der Waals surface area contributed by atoms with Crippen molar-refractivity contribution in [3.63, 3.8) is 0 Å². The number of rotatable bonds is 2. The molecule has 0 unspecified atom stereocenters. The lowest BCUT2D eigenvalue weighted by molar-refractivity contribution is 1.41. The highest BCUT2D eigenvalue weighted by Gasteiger charge is 2.03. The summed E-state index contributed by atoms with van der Waals surface area (Å²) in [6.45, 7) is 0. The molecule has 3 aromatic rings. The molecular formula is C16H10BrN3. The first kappa shape index (κ1) is 12.6. The minimum Gasteiger partial charge on any atom is -0.355 e. The number of fused-ring (bicyclic) bond motifs is 1. The topological polar surface area (TPSA) is 48.7 Å². The Kier molecular flexibility index (Phi) is 3.36. The lowest BCUT2D eigenvalue weighted by Crippen LogP contribution is -1.93. The van der Waals surface area contributed by atoms with Crippen molar-refractivity contribution in [1.29, 1.82) is 5.26 Å². The molecule has 0 spiro atoms. The van der Waals surface area contributed by atoms with Gasteiger partial charge in [-0.3, -0.25) is 4.98 Å². The van der Waals surface area contributed by atoms with Gasteiger partial charge >= 0.3 is 0 Å². The summed E-state index contributed by atoms with van der Waals surface area (Å²) in [5, 5.41) is 13.4. The van der Waals surface area contributed by atoms with E-state index in [1.54, 1.807) is 12.3 Å². The average molecular weight is 324 g/mol. The molecule has 4 heteroatoms. The Labute approximate surface area is 125 Å². The molecule has 2 aromatic carbocycles. The summed E-state index contributed by atoms with van der Waals surface area (Å²) in [5.74, 6) is 0. The van der Waals surface area contributed by atoms with E-state index in [1.165, 1.54) is 0 Å². The van der Waals surface area contributed by atoms with Crippen LogP contribution in [0.5, 0.6) is 0 Å². The maximum atomic E-state index is 9.02. The maximum absolute atomic E-state index is 9.02. The van der Waals surface area contributed by atoms with Gasteiger partial charge in [0.1, 0.15) is 0 Å². The number of hydrogen-bond donors (Lipinski definition) is 1. The number of benzene rings is 2. The summed E-state index contributed by atoms with van der Waals surface area (Å²) in [6, 6.07) is 17.6. The van der Waals surface area contributed by atoms with Gasteiger partial charge in [-0.15, -0.1) is 0 Å². The van der Waals surface area contributed by atoms with Crippen molar-refractivity contribution in [3.05, 3.63) is 64.8 Å². The molecule has 0 amide bonds. The van der Waals surface area contributed by atoms with Crippen LogP contribution < -0.4 is 5.32 Å². The first-order valence-corrected chi connectivity index (χ1v) is 6.87. The Balaban J connectivity index is 2.06. The number of nitrogens with one attached hydrogen (secondary N) is 1. The molecule has 0 fully saturated rings. The van der Waals surface area contributed by atoms with Crippen molar-refractivity contribution in [2.75, 3.05) is 5.32 Å². The highest BCUT2D eigenvalue weighted by atomic mass is 79.9. The second kappa shape index (κ2) is 5.32. The predicted molar refractivity (Wildman–Crippen MR) is 83.9 cm³/mol. The first-order valence-electron chi connectivity index (χ1n) is 6.08. The molecule has 0 aliphatic carbocycles. The predicted octanol–water partition coefficient (Wildman–Crippen LogP) is 4.61. The third-order valence-electron chi connectivity index (χ3n) is 2.95. The molecule has 3 nitrogen and oxygen atoms in total. The highest BCUT2D eigenvalue weighted by Crippen LogP contribution is 2.27. The normalized spacial score (nSPS) is 10.2. The number of halogens is 1. The van der Waals surface area contributed by atoms with Gasteiger partial charge in [-0.1, -0.05) is 22.0 Å². The molecule has 96 valence electrons. The van der Waals surface area contributed by atoms with Gasteiger partial charge in [0.2, 0.25) is 0 Å². The van der Waals surface area contributed by atoms with Gasteiger partial charge in [0, 0.05) is 27.4 Å². The van der Waals surface area contributed by atoms with E-state index in [1.807, 2.05) is 42.5 Å². The van der Waals surface area contributed by atoms with E-state index in [9.17, 15) is 0 Å². The lowest BCUT2D eigenvalue weighted by Gasteiger charge is -2.10. The number of pyridine rings is 1. The van der Waals surface area contributed by atoms with E-state index in [-0.39, 0.29) is 0 Å². The number of anilines is 2. The fraction of sp³-hybridized carbons (Fsp3) is 0. The van der Waals surface area contributed by atoms with E-state index in [0.717, 1.165) is 26.8 Å². The van der Waals surface area contributed by atoms with Gasteiger partial charge in [-0.05, 0) is 42.5 Å². The van der Waals surface area contributed by atoms with Crippen LogP contribution in [0, 0.1) is 11.3 Å². The van der Waals surface area contributed by atoms with Crippen LogP contribution in [0.2, 0.25) is 0 Å². The number of nitrogens with zero attached hydrogens (tertiary/aromatic N) is 2. The highest BCUT2D eigenvalue weighted by molar-refractivity contribution is 9.10. The number of nitriles is 1. The molecule has 0 saturated heterocycles. The van der Waals surface area contributed by atoms with E-state index in [2.05, 4.69) is 32.3 Å². The largest absolute Gasteiger partial charge is 0.355 e. The first-order chi connectivity index (χ1) is 9.76. The lowest BCUT2D eigenvalue weighted by atomic mass is 10.1. The summed E-state index contributed by atoms with van der Waals surface area (Å²) in [7, 11) is 0. The Hall–Kier alpha value is -2.38. The summed E-state index contributed by atoms with van der Waals surface area (Å²) >= 11 is 3.41. The molecule has 0 radical (unpaired) electrons.